The van der Waals surface area contributed by atoms with Crippen LogP contribution < -0.4 is 10.5 Å². The van der Waals surface area contributed by atoms with E-state index in [0.29, 0.717) is 29.0 Å². The maximum absolute atomic E-state index is 13.3. The van der Waals surface area contributed by atoms with Gasteiger partial charge in [0.15, 0.2) is 15.6 Å². The Kier molecular flexibility index (Phi) is 7.23. The van der Waals surface area contributed by atoms with Gasteiger partial charge in [0, 0.05) is 24.1 Å². The van der Waals surface area contributed by atoms with Gasteiger partial charge in [0.2, 0.25) is 0 Å². The summed E-state index contributed by atoms with van der Waals surface area (Å²) >= 11 is 0. The number of aromatic amines is 1. The third-order valence-electron chi connectivity index (χ3n) is 5.90. The second-order valence-electron chi connectivity index (χ2n) is 8.74. The average Bonchev–Trinajstić information content (AvgIpc) is 2.84. The van der Waals surface area contributed by atoms with Crippen molar-refractivity contribution >= 4 is 32.2 Å². The first kappa shape index (κ1) is 25.8. The molecule has 188 valence electrons. The third kappa shape index (κ3) is 5.76. The molecule has 1 N–H and O–H groups in total. The fourth-order valence-corrected chi connectivity index (χ4v) is 5.37. The molecule has 0 radical (unpaired) electrons. The Bertz CT molecular complexity index is 1670. The van der Waals surface area contributed by atoms with Crippen LogP contribution in [0.4, 0.5) is 10.1 Å². The number of anilines is 1. The van der Waals surface area contributed by atoms with Crippen molar-refractivity contribution in [3.8, 4) is 12.3 Å². The van der Waals surface area contributed by atoms with Crippen LogP contribution in [0, 0.1) is 25.1 Å². The number of halogens is 1. The molecule has 0 saturated carbocycles. The van der Waals surface area contributed by atoms with Crippen LogP contribution in [0.5, 0.6) is 0 Å². The number of fused-ring (bicyclic) bond motifs is 1. The molecule has 0 bridgehead atoms. The largest absolute Gasteiger partial charge is 0.356 e. The molecular weight excluding hydrogens is 493 g/mol. The van der Waals surface area contributed by atoms with E-state index in [-0.39, 0.29) is 23.2 Å². The van der Waals surface area contributed by atoms with E-state index in [9.17, 15) is 22.4 Å². The average molecular weight is 518 g/mol. The number of H-pyrrole nitrogens is 1. The van der Waals surface area contributed by atoms with Crippen LogP contribution in [-0.2, 0) is 16.4 Å². The minimum Gasteiger partial charge on any atom is -0.356 e. The number of hydrogen-bond donors (Lipinski definition) is 1. The molecule has 1 unspecified atom stereocenters. The highest BCUT2D eigenvalue weighted by atomic mass is 32.2. The van der Waals surface area contributed by atoms with Crippen molar-refractivity contribution in [3.63, 3.8) is 0 Å². The van der Waals surface area contributed by atoms with Gasteiger partial charge in [0.1, 0.15) is 16.9 Å². The van der Waals surface area contributed by atoms with Crippen molar-refractivity contribution in [2.24, 2.45) is 0 Å². The van der Waals surface area contributed by atoms with Gasteiger partial charge in [-0.1, -0.05) is 24.1 Å². The Morgan fingerprint density at radius 2 is 1.78 bits per heavy atom. The minimum absolute atomic E-state index is 0.197. The first-order valence-electron chi connectivity index (χ1n) is 11.3. The number of Topliss-reactive ketones (excluding diaryl/α,β-unsaturated/α-hetero) is 1. The van der Waals surface area contributed by atoms with E-state index in [2.05, 4.69) is 15.9 Å². The Balaban J connectivity index is 1.61. The molecule has 0 fully saturated rings. The van der Waals surface area contributed by atoms with E-state index in [1.54, 1.807) is 43.3 Å². The lowest BCUT2D eigenvalue weighted by Crippen LogP contribution is -2.24. The van der Waals surface area contributed by atoms with Crippen molar-refractivity contribution in [2.75, 3.05) is 17.7 Å². The van der Waals surface area contributed by atoms with Crippen LogP contribution in [-0.4, -0.2) is 37.0 Å². The van der Waals surface area contributed by atoms with E-state index >= 15 is 0 Å². The van der Waals surface area contributed by atoms with Gasteiger partial charge in [-0.25, -0.2) is 17.8 Å². The van der Waals surface area contributed by atoms with Crippen molar-refractivity contribution in [1.82, 2.24) is 9.97 Å². The first-order chi connectivity index (χ1) is 17.6. The van der Waals surface area contributed by atoms with Gasteiger partial charge in [-0.3, -0.25) is 9.59 Å². The number of benzene rings is 3. The van der Waals surface area contributed by atoms with Gasteiger partial charge >= 0.3 is 0 Å². The summed E-state index contributed by atoms with van der Waals surface area (Å²) in [5.74, 6) is 2.01. The second-order valence-corrected chi connectivity index (χ2v) is 10.9. The lowest BCUT2D eigenvalue weighted by molar-refractivity contribution is 0.0987. The van der Waals surface area contributed by atoms with Crippen molar-refractivity contribution < 1.29 is 17.6 Å². The minimum atomic E-state index is -3.82. The molecule has 1 atom stereocenters. The lowest BCUT2D eigenvalue weighted by Gasteiger charge is -2.23. The molecule has 1 aromatic heterocycles. The fraction of sp³-hybridized carbons (Fsp3) is 0.179. The number of rotatable bonds is 8. The number of aromatic nitrogens is 2. The van der Waals surface area contributed by atoms with Crippen molar-refractivity contribution in [2.45, 2.75) is 18.7 Å². The van der Waals surface area contributed by atoms with Crippen molar-refractivity contribution in [1.29, 1.82) is 0 Å². The zero-order valence-electron chi connectivity index (χ0n) is 20.2. The number of nitrogens with zero attached hydrogens (tertiary/aromatic N) is 2. The zero-order valence-corrected chi connectivity index (χ0v) is 21.0. The molecule has 3 aromatic carbocycles. The molecule has 4 aromatic rings. The standard InChI is InChI=1S/C28H24FN3O4S/c1-4-15-32(17-19-5-14-25-24(16-19)28(34)31-18(2)30-25)23-12-8-20(9-13-23)26(33)27(37(3,35)36)21-6-10-22(29)11-7-21/h1,5-14,16,27H,15,17H2,2-3H3,(H,30,31,34). The summed E-state index contributed by atoms with van der Waals surface area (Å²) in [4.78, 5) is 34.5. The van der Waals surface area contributed by atoms with Gasteiger partial charge < -0.3 is 9.88 Å². The molecule has 0 spiro atoms. The molecule has 0 amide bonds. The number of nitrogens with one attached hydrogen (secondary N) is 1. The summed E-state index contributed by atoms with van der Waals surface area (Å²) in [5.41, 5.74) is 2.32. The predicted molar refractivity (Wildman–Crippen MR) is 142 cm³/mol. The molecule has 4 rings (SSSR count). The summed E-state index contributed by atoms with van der Waals surface area (Å²) < 4.78 is 38.3. The topological polar surface area (TPSA) is 100 Å². The number of sulfone groups is 1. The van der Waals surface area contributed by atoms with Crippen LogP contribution in [0.25, 0.3) is 10.9 Å². The molecule has 0 aliphatic carbocycles. The number of aryl methyl sites for hydroxylation is 1. The predicted octanol–water partition coefficient (Wildman–Crippen LogP) is 3.98. The zero-order chi connectivity index (χ0) is 26.7. The molecule has 0 aliphatic heterocycles. The number of terminal acetylenes is 1. The molecule has 37 heavy (non-hydrogen) atoms. The molecule has 1 heterocycles. The van der Waals surface area contributed by atoms with Crippen LogP contribution in [0.3, 0.4) is 0 Å². The van der Waals surface area contributed by atoms with Crippen LogP contribution in [0.15, 0.2) is 71.5 Å². The van der Waals surface area contributed by atoms with Gasteiger partial charge in [-0.05, 0) is 66.6 Å². The summed E-state index contributed by atoms with van der Waals surface area (Å²) in [5, 5.41) is -0.981. The van der Waals surface area contributed by atoms with E-state index < -0.39 is 26.7 Å². The highest BCUT2D eigenvalue weighted by Crippen LogP contribution is 2.28. The van der Waals surface area contributed by atoms with E-state index in [4.69, 9.17) is 6.42 Å². The quantitative estimate of drug-likeness (QED) is 0.280. The van der Waals surface area contributed by atoms with E-state index in [1.807, 2.05) is 11.0 Å². The van der Waals surface area contributed by atoms with Gasteiger partial charge in [-0.15, -0.1) is 6.42 Å². The molecule has 0 aliphatic rings. The molecular formula is C28H24FN3O4S. The lowest BCUT2D eigenvalue weighted by atomic mass is 10.0. The Hall–Kier alpha value is -4.29. The van der Waals surface area contributed by atoms with Gasteiger partial charge in [0.05, 0.1) is 17.4 Å². The third-order valence-corrected chi connectivity index (χ3v) is 7.24. The summed E-state index contributed by atoms with van der Waals surface area (Å²) in [6.07, 6.45) is 6.57. The van der Waals surface area contributed by atoms with Gasteiger partial charge in [0.25, 0.3) is 5.56 Å². The Labute approximate surface area is 213 Å². The molecule has 0 saturated heterocycles. The van der Waals surface area contributed by atoms with Crippen LogP contribution in [0.2, 0.25) is 0 Å². The first-order valence-corrected chi connectivity index (χ1v) is 13.3. The van der Waals surface area contributed by atoms with E-state index in [0.717, 1.165) is 24.0 Å². The van der Waals surface area contributed by atoms with E-state index in [1.165, 1.54) is 12.1 Å². The second kappa shape index (κ2) is 10.4. The highest BCUT2D eigenvalue weighted by Gasteiger charge is 2.31. The highest BCUT2D eigenvalue weighted by molar-refractivity contribution is 7.91. The van der Waals surface area contributed by atoms with Crippen LogP contribution >= 0.6 is 0 Å². The van der Waals surface area contributed by atoms with Crippen molar-refractivity contribution in [3.05, 3.63) is 105 Å². The fourth-order valence-electron chi connectivity index (χ4n) is 4.19. The van der Waals surface area contributed by atoms with Crippen LogP contribution in [0.1, 0.15) is 32.6 Å². The maximum atomic E-state index is 13.3. The number of carbonyl (C=O) groups is 1. The number of ketones is 1. The Morgan fingerprint density at radius 3 is 2.41 bits per heavy atom. The summed E-state index contributed by atoms with van der Waals surface area (Å²) in [6.45, 7) is 2.37. The number of carbonyl (C=O) groups excluding carboxylic acids is 1. The maximum Gasteiger partial charge on any atom is 0.258 e. The normalized spacial score (nSPS) is 12.2. The summed E-state index contributed by atoms with van der Waals surface area (Å²) in [6, 6.07) is 16.7. The molecule has 9 heteroatoms. The molecule has 7 nitrogen and oxygen atoms in total. The monoisotopic (exact) mass is 517 g/mol. The van der Waals surface area contributed by atoms with Gasteiger partial charge in [-0.2, -0.15) is 0 Å². The Morgan fingerprint density at radius 1 is 1.11 bits per heavy atom. The SMILES string of the molecule is C#CCN(Cc1ccc2nc(C)[nH]c(=O)c2c1)c1ccc(C(=O)C(c2ccc(F)cc2)S(C)(=O)=O)cc1. The number of hydrogen-bond acceptors (Lipinski definition) is 6. The smallest absolute Gasteiger partial charge is 0.258 e. The summed E-state index contributed by atoms with van der Waals surface area (Å²) in [7, 11) is -3.82.